The Bertz CT molecular complexity index is 804. The smallest absolute Gasteiger partial charge is 0.344 e. The molecule has 0 fully saturated rings. The van der Waals surface area contributed by atoms with Gasteiger partial charge in [0.15, 0.2) is 18.5 Å². The molecule has 0 aliphatic heterocycles. The summed E-state index contributed by atoms with van der Waals surface area (Å²) in [5, 5.41) is 2.98. The quantitative estimate of drug-likeness (QED) is 0.591. The first kappa shape index (κ1) is 19.5. The normalized spacial score (nSPS) is 11.3. The number of ketones is 1. The van der Waals surface area contributed by atoms with E-state index in [-0.39, 0.29) is 12.4 Å². The molecule has 0 heterocycles. The molecule has 0 radical (unpaired) electrons. The molecule has 136 valence electrons. The maximum absolute atomic E-state index is 12.1. The van der Waals surface area contributed by atoms with Gasteiger partial charge >= 0.3 is 5.97 Å². The standard InChI is InChI=1S/C19H18ClNO5/c1-12(22)14-7-9-15(10-8-14)21-19(24)13(2)26-18(23)11-25-17-6-4-3-5-16(17)20/h3-10,13H,11H2,1-2H3,(H,21,24)/t13-/m1/s1. The zero-order valence-corrected chi connectivity index (χ0v) is 15.1. The lowest BCUT2D eigenvalue weighted by Crippen LogP contribution is -2.31. The molecule has 0 bridgehead atoms. The van der Waals surface area contributed by atoms with Crippen molar-refractivity contribution in [3.05, 3.63) is 59.1 Å². The fourth-order valence-electron chi connectivity index (χ4n) is 2.02. The second-order valence-corrected chi connectivity index (χ2v) is 5.88. The highest BCUT2D eigenvalue weighted by atomic mass is 35.5. The van der Waals surface area contributed by atoms with Crippen LogP contribution in [0.5, 0.6) is 5.75 Å². The molecule has 0 saturated heterocycles. The van der Waals surface area contributed by atoms with E-state index in [1.54, 1.807) is 48.5 Å². The zero-order valence-electron chi connectivity index (χ0n) is 14.3. The summed E-state index contributed by atoms with van der Waals surface area (Å²) in [5.41, 5.74) is 1.04. The zero-order chi connectivity index (χ0) is 19.1. The second kappa shape index (κ2) is 9.01. The lowest BCUT2D eigenvalue weighted by atomic mass is 10.1. The molecule has 26 heavy (non-hydrogen) atoms. The molecule has 0 aromatic heterocycles. The fraction of sp³-hybridized carbons (Fsp3) is 0.211. The number of rotatable bonds is 7. The number of carbonyl (C=O) groups excluding carboxylic acids is 3. The molecule has 0 unspecified atom stereocenters. The van der Waals surface area contributed by atoms with Crippen molar-refractivity contribution >= 4 is 34.9 Å². The first-order chi connectivity index (χ1) is 12.4. The molecule has 0 aliphatic carbocycles. The molecule has 0 spiro atoms. The molecule has 2 aromatic rings. The summed E-state index contributed by atoms with van der Waals surface area (Å²) >= 11 is 5.92. The number of para-hydroxylation sites is 1. The highest BCUT2D eigenvalue weighted by molar-refractivity contribution is 6.32. The Hall–Kier alpha value is -2.86. The summed E-state index contributed by atoms with van der Waals surface area (Å²) < 4.78 is 10.3. The summed E-state index contributed by atoms with van der Waals surface area (Å²) in [5.74, 6) is -0.899. The van der Waals surface area contributed by atoms with Gasteiger partial charge in [-0.05, 0) is 50.2 Å². The molecule has 2 rings (SSSR count). The number of amides is 1. The molecule has 0 aliphatic rings. The number of hydrogen-bond donors (Lipinski definition) is 1. The highest BCUT2D eigenvalue weighted by Crippen LogP contribution is 2.23. The van der Waals surface area contributed by atoms with Crippen molar-refractivity contribution in [2.45, 2.75) is 20.0 Å². The van der Waals surface area contributed by atoms with E-state index in [9.17, 15) is 14.4 Å². The number of hydrogen-bond acceptors (Lipinski definition) is 5. The van der Waals surface area contributed by atoms with Crippen molar-refractivity contribution in [2.24, 2.45) is 0 Å². The van der Waals surface area contributed by atoms with Gasteiger partial charge in [-0.3, -0.25) is 9.59 Å². The van der Waals surface area contributed by atoms with E-state index >= 15 is 0 Å². The van der Waals surface area contributed by atoms with Gasteiger partial charge in [0.1, 0.15) is 5.75 Å². The van der Waals surface area contributed by atoms with Crippen LogP contribution >= 0.6 is 11.6 Å². The molecule has 1 N–H and O–H groups in total. The van der Waals surface area contributed by atoms with Gasteiger partial charge in [0.05, 0.1) is 5.02 Å². The topological polar surface area (TPSA) is 81.7 Å². The minimum atomic E-state index is -1.01. The fourth-order valence-corrected chi connectivity index (χ4v) is 2.21. The Morgan fingerprint density at radius 1 is 1.08 bits per heavy atom. The predicted octanol–water partition coefficient (Wildman–Crippen LogP) is 3.49. The van der Waals surface area contributed by atoms with Gasteiger partial charge in [-0.25, -0.2) is 4.79 Å². The van der Waals surface area contributed by atoms with Crippen molar-refractivity contribution in [3.63, 3.8) is 0 Å². The van der Waals surface area contributed by atoms with Gasteiger partial charge in [-0.15, -0.1) is 0 Å². The lowest BCUT2D eigenvalue weighted by molar-refractivity contribution is -0.155. The van der Waals surface area contributed by atoms with E-state index in [0.29, 0.717) is 22.0 Å². The molecule has 1 atom stereocenters. The van der Waals surface area contributed by atoms with Crippen molar-refractivity contribution in [1.29, 1.82) is 0 Å². The Kier molecular flexibility index (Phi) is 6.74. The van der Waals surface area contributed by atoms with Gasteiger partial charge in [0.2, 0.25) is 0 Å². The number of halogens is 1. The number of esters is 1. The molecular weight excluding hydrogens is 358 g/mol. The Balaban J connectivity index is 1.83. The molecular formula is C19H18ClNO5. The third-order valence-electron chi connectivity index (χ3n) is 3.42. The van der Waals surface area contributed by atoms with Gasteiger partial charge in [0.25, 0.3) is 5.91 Å². The first-order valence-corrected chi connectivity index (χ1v) is 8.23. The average molecular weight is 376 g/mol. The molecule has 2 aromatic carbocycles. The SMILES string of the molecule is CC(=O)c1ccc(NC(=O)[C@@H](C)OC(=O)COc2ccccc2Cl)cc1. The van der Waals surface area contributed by atoms with Gasteiger partial charge in [0, 0.05) is 11.3 Å². The maximum Gasteiger partial charge on any atom is 0.344 e. The Morgan fingerprint density at radius 2 is 1.73 bits per heavy atom. The number of carbonyl (C=O) groups is 3. The molecule has 6 nitrogen and oxygen atoms in total. The highest BCUT2D eigenvalue weighted by Gasteiger charge is 2.18. The van der Waals surface area contributed by atoms with E-state index < -0.39 is 18.0 Å². The van der Waals surface area contributed by atoms with E-state index in [4.69, 9.17) is 21.1 Å². The monoisotopic (exact) mass is 375 g/mol. The summed E-state index contributed by atoms with van der Waals surface area (Å²) in [6.45, 7) is 2.54. The molecule has 7 heteroatoms. The van der Waals surface area contributed by atoms with E-state index in [1.165, 1.54) is 13.8 Å². The van der Waals surface area contributed by atoms with E-state index in [1.807, 2.05) is 0 Å². The van der Waals surface area contributed by atoms with Crippen LogP contribution in [-0.4, -0.2) is 30.4 Å². The Labute approximate surface area is 156 Å². The number of ether oxygens (including phenoxy) is 2. The van der Waals surface area contributed by atoms with Crippen molar-refractivity contribution < 1.29 is 23.9 Å². The van der Waals surface area contributed by atoms with Crippen molar-refractivity contribution in [3.8, 4) is 5.75 Å². The predicted molar refractivity (Wildman–Crippen MR) is 97.6 cm³/mol. The summed E-state index contributed by atoms with van der Waals surface area (Å²) in [4.78, 5) is 35.1. The minimum absolute atomic E-state index is 0.0660. The van der Waals surface area contributed by atoms with Crippen LogP contribution in [0.3, 0.4) is 0 Å². The number of nitrogens with one attached hydrogen (secondary N) is 1. The summed E-state index contributed by atoms with van der Waals surface area (Å²) in [7, 11) is 0. The van der Waals surface area contributed by atoms with Crippen LogP contribution in [0.4, 0.5) is 5.69 Å². The first-order valence-electron chi connectivity index (χ1n) is 7.85. The third-order valence-corrected chi connectivity index (χ3v) is 3.73. The van der Waals surface area contributed by atoms with Crippen LogP contribution in [0, 0.1) is 0 Å². The van der Waals surface area contributed by atoms with Crippen LogP contribution in [0.2, 0.25) is 5.02 Å². The molecule has 0 saturated carbocycles. The van der Waals surface area contributed by atoms with Crippen LogP contribution in [0.25, 0.3) is 0 Å². The van der Waals surface area contributed by atoms with Gasteiger partial charge in [-0.2, -0.15) is 0 Å². The van der Waals surface area contributed by atoms with Crippen molar-refractivity contribution in [2.75, 3.05) is 11.9 Å². The van der Waals surface area contributed by atoms with Gasteiger partial charge < -0.3 is 14.8 Å². The number of anilines is 1. The largest absolute Gasteiger partial charge is 0.480 e. The van der Waals surface area contributed by atoms with Crippen LogP contribution in [0.1, 0.15) is 24.2 Å². The second-order valence-electron chi connectivity index (χ2n) is 5.47. The summed E-state index contributed by atoms with van der Waals surface area (Å²) in [6, 6.07) is 13.1. The van der Waals surface area contributed by atoms with E-state index in [2.05, 4.69) is 5.32 Å². The van der Waals surface area contributed by atoms with Crippen LogP contribution < -0.4 is 10.1 Å². The average Bonchev–Trinajstić information content (AvgIpc) is 2.61. The minimum Gasteiger partial charge on any atom is -0.480 e. The lowest BCUT2D eigenvalue weighted by Gasteiger charge is -2.14. The van der Waals surface area contributed by atoms with Crippen LogP contribution in [0.15, 0.2) is 48.5 Å². The number of Topliss-reactive ketones (excluding diaryl/α,β-unsaturated/α-hetero) is 1. The van der Waals surface area contributed by atoms with Gasteiger partial charge in [-0.1, -0.05) is 23.7 Å². The Morgan fingerprint density at radius 3 is 2.35 bits per heavy atom. The summed E-state index contributed by atoms with van der Waals surface area (Å²) in [6.07, 6.45) is -1.01. The van der Waals surface area contributed by atoms with Crippen LogP contribution in [-0.2, 0) is 14.3 Å². The van der Waals surface area contributed by atoms with E-state index in [0.717, 1.165) is 0 Å². The number of benzene rings is 2. The third kappa shape index (κ3) is 5.60. The maximum atomic E-state index is 12.1. The molecule has 1 amide bonds. The van der Waals surface area contributed by atoms with Crippen molar-refractivity contribution in [1.82, 2.24) is 0 Å².